The monoisotopic (exact) mass is 270 g/mol. The second-order valence-corrected chi connectivity index (χ2v) is 4.80. The van der Waals surface area contributed by atoms with Crippen LogP contribution in [0.15, 0.2) is 30.7 Å². The van der Waals surface area contributed by atoms with Crippen LogP contribution in [0.4, 0.5) is 0 Å². The van der Waals surface area contributed by atoms with E-state index in [1.165, 1.54) is 0 Å². The highest BCUT2D eigenvalue weighted by atomic mass is 16.5. The number of aromatic nitrogens is 3. The predicted molar refractivity (Wildman–Crippen MR) is 72.6 cm³/mol. The standard InChI is InChI=1S/C14H14N4O2/c1-18-7-11(8-18)20-14-6-15-5-13(17-14)12-4-10(9-19)2-3-16-12/h2-6,9,11H,7-8H2,1H3. The Morgan fingerprint density at radius 2 is 2.20 bits per heavy atom. The molecule has 2 aromatic rings. The number of carbonyl (C=O) groups excluding carboxylic acids is 1. The van der Waals surface area contributed by atoms with Crippen molar-refractivity contribution in [3.63, 3.8) is 0 Å². The van der Waals surface area contributed by atoms with Gasteiger partial charge in [-0.2, -0.15) is 0 Å². The molecule has 0 atom stereocenters. The zero-order valence-corrected chi connectivity index (χ0v) is 11.1. The van der Waals surface area contributed by atoms with Gasteiger partial charge in [0.25, 0.3) is 0 Å². The maximum absolute atomic E-state index is 10.8. The molecule has 3 rings (SSSR count). The van der Waals surface area contributed by atoms with Crippen molar-refractivity contribution in [1.82, 2.24) is 19.9 Å². The first kappa shape index (κ1) is 12.7. The van der Waals surface area contributed by atoms with Gasteiger partial charge in [0.05, 0.1) is 18.1 Å². The van der Waals surface area contributed by atoms with Gasteiger partial charge in [-0.05, 0) is 19.2 Å². The molecule has 0 saturated carbocycles. The molecule has 6 nitrogen and oxygen atoms in total. The van der Waals surface area contributed by atoms with Crippen LogP contribution in [0.25, 0.3) is 11.4 Å². The Labute approximate surface area is 116 Å². The number of pyridine rings is 1. The summed E-state index contributed by atoms with van der Waals surface area (Å²) in [6.07, 6.45) is 5.72. The first-order valence-corrected chi connectivity index (χ1v) is 6.33. The number of hydrogen-bond donors (Lipinski definition) is 0. The third-order valence-electron chi connectivity index (χ3n) is 3.11. The molecule has 0 N–H and O–H groups in total. The molecule has 3 heterocycles. The lowest BCUT2D eigenvalue weighted by molar-refractivity contribution is 0.0353. The molecular formula is C14H14N4O2. The molecule has 0 unspecified atom stereocenters. The summed E-state index contributed by atoms with van der Waals surface area (Å²) in [5, 5.41) is 0. The van der Waals surface area contributed by atoms with Crippen molar-refractivity contribution >= 4 is 6.29 Å². The summed E-state index contributed by atoms with van der Waals surface area (Å²) >= 11 is 0. The van der Waals surface area contributed by atoms with Crippen molar-refractivity contribution in [1.29, 1.82) is 0 Å². The SMILES string of the molecule is CN1CC(Oc2cncc(-c3cc(C=O)ccn3)n2)C1. The van der Waals surface area contributed by atoms with Crippen molar-refractivity contribution < 1.29 is 9.53 Å². The second-order valence-electron chi connectivity index (χ2n) is 4.80. The normalized spacial score (nSPS) is 15.7. The van der Waals surface area contributed by atoms with E-state index in [-0.39, 0.29) is 6.10 Å². The molecule has 1 aliphatic rings. The fraction of sp³-hybridized carbons (Fsp3) is 0.286. The molecule has 0 aliphatic carbocycles. The van der Waals surface area contributed by atoms with E-state index in [9.17, 15) is 4.79 Å². The summed E-state index contributed by atoms with van der Waals surface area (Å²) < 4.78 is 5.73. The van der Waals surface area contributed by atoms with Crippen LogP contribution in [0, 0.1) is 0 Å². The van der Waals surface area contributed by atoms with E-state index in [1.807, 2.05) is 7.05 Å². The molecule has 0 radical (unpaired) electrons. The fourth-order valence-electron chi connectivity index (χ4n) is 2.08. The zero-order valence-electron chi connectivity index (χ0n) is 11.1. The third kappa shape index (κ3) is 2.65. The first-order chi connectivity index (χ1) is 9.74. The van der Waals surface area contributed by atoms with Crippen LogP contribution in [-0.4, -0.2) is 52.4 Å². The van der Waals surface area contributed by atoms with Gasteiger partial charge in [-0.3, -0.25) is 19.7 Å². The van der Waals surface area contributed by atoms with E-state index in [0.29, 0.717) is 22.8 Å². The van der Waals surface area contributed by atoms with Gasteiger partial charge in [0.15, 0.2) is 0 Å². The lowest BCUT2D eigenvalue weighted by Crippen LogP contribution is -2.51. The number of likely N-dealkylation sites (tertiary alicyclic amines) is 1. The average molecular weight is 270 g/mol. The molecule has 2 aromatic heterocycles. The van der Waals surface area contributed by atoms with E-state index in [4.69, 9.17) is 4.74 Å². The van der Waals surface area contributed by atoms with E-state index in [1.54, 1.807) is 30.7 Å². The van der Waals surface area contributed by atoms with E-state index in [2.05, 4.69) is 19.9 Å². The maximum atomic E-state index is 10.8. The summed E-state index contributed by atoms with van der Waals surface area (Å²) in [7, 11) is 2.04. The predicted octanol–water partition coefficient (Wildman–Crippen LogP) is 1.04. The minimum absolute atomic E-state index is 0.166. The molecule has 0 aromatic carbocycles. The highest BCUT2D eigenvalue weighted by Gasteiger charge is 2.25. The number of aldehydes is 1. The van der Waals surface area contributed by atoms with Crippen molar-refractivity contribution in [2.75, 3.05) is 20.1 Å². The lowest BCUT2D eigenvalue weighted by atomic mass is 10.2. The average Bonchev–Trinajstić information content (AvgIpc) is 2.46. The quantitative estimate of drug-likeness (QED) is 0.773. The number of rotatable bonds is 4. The lowest BCUT2D eigenvalue weighted by Gasteiger charge is -2.35. The smallest absolute Gasteiger partial charge is 0.233 e. The Morgan fingerprint density at radius 3 is 2.95 bits per heavy atom. The van der Waals surface area contributed by atoms with Gasteiger partial charge in [-0.1, -0.05) is 0 Å². The van der Waals surface area contributed by atoms with E-state index < -0.39 is 0 Å². The first-order valence-electron chi connectivity index (χ1n) is 6.33. The van der Waals surface area contributed by atoms with Crippen molar-refractivity contribution in [2.45, 2.75) is 6.10 Å². The molecule has 102 valence electrons. The molecule has 0 spiro atoms. The Kier molecular flexibility index (Phi) is 3.39. The summed E-state index contributed by atoms with van der Waals surface area (Å²) in [6.45, 7) is 1.79. The Balaban J connectivity index is 1.81. The summed E-state index contributed by atoms with van der Waals surface area (Å²) in [6, 6.07) is 3.33. The molecule has 20 heavy (non-hydrogen) atoms. The molecule has 1 fully saturated rings. The summed E-state index contributed by atoms with van der Waals surface area (Å²) in [5.74, 6) is 0.485. The molecule has 0 amide bonds. The summed E-state index contributed by atoms with van der Waals surface area (Å²) in [4.78, 5) is 25.7. The van der Waals surface area contributed by atoms with Gasteiger partial charge in [-0.25, -0.2) is 4.98 Å². The van der Waals surface area contributed by atoms with Gasteiger partial charge in [0, 0.05) is 24.8 Å². The number of hydrogen-bond acceptors (Lipinski definition) is 6. The minimum atomic E-state index is 0.166. The van der Waals surface area contributed by atoms with Crippen molar-refractivity contribution in [2.24, 2.45) is 0 Å². The number of likely N-dealkylation sites (N-methyl/N-ethyl adjacent to an activating group) is 1. The third-order valence-corrected chi connectivity index (χ3v) is 3.11. The van der Waals surface area contributed by atoms with Crippen LogP contribution in [0.3, 0.4) is 0 Å². The zero-order chi connectivity index (χ0) is 13.9. The highest BCUT2D eigenvalue weighted by Crippen LogP contribution is 2.19. The highest BCUT2D eigenvalue weighted by molar-refractivity contribution is 5.76. The van der Waals surface area contributed by atoms with Crippen LogP contribution in [0.1, 0.15) is 10.4 Å². The second kappa shape index (κ2) is 5.34. The van der Waals surface area contributed by atoms with Crippen molar-refractivity contribution in [3.05, 3.63) is 36.3 Å². The van der Waals surface area contributed by atoms with Crippen LogP contribution >= 0.6 is 0 Å². The Bertz CT molecular complexity index is 626. The van der Waals surface area contributed by atoms with Crippen LogP contribution in [0.2, 0.25) is 0 Å². The fourth-order valence-corrected chi connectivity index (χ4v) is 2.08. The molecule has 1 aliphatic heterocycles. The maximum Gasteiger partial charge on any atom is 0.233 e. The largest absolute Gasteiger partial charge is 0.471 e. The topological polar surface area (TPSA) is 68.2 Å². The van der Waals surface area contributed by atoms with Crippen LogP contribution in [0.5, 0.6) is 5.88 Å². The molecular weight excluding hydrogens is 256 g/mol. The Hall–Kier alpha value is -2.34. The molecule has 6 heteroatoms. The van der Waals surface area contributed by atoms with Crippen molar-refractivity contribution in [3.8, 4) is 17.3 Å². The van der Waals surface area contributed by atoms with Gasteiger partial charge < -0.3 is 4.74 Å². The van der Waals surface area contributed by atoms with Gasteiger partial charge >= 0.3 is 0 Å². The van der Waals surface area contributed by atoms with Crippen LogP contribution < -0.4 is 4.74 Å². The number of nitrogens with zero attached hydrogens (tertiary/aromatic N) is 4. The summed E-state index contributed by atoms with van der Waals surface area (Å²) in [5.41, 5.74) is 1.76. The Morgan fingerprint density at radius 1 is 1.35 bits per heavy atom. The van der Waals surface area contributed by atoms with E-state index in [0.717, 1.165) is 19.4 Å². The number of ether oxygens (including phenoxy) is 1. The number of carbonyl (C=O) groups is 1. The van der Waals surface area contributed by atoms with E-state index >= 15 is 0 Å². The van der Waals surface area contributed by atoms with Gasteiger partial charge in [0.2, 0.25) is 5.88 Å². The van der Waals surface area contributed by atoms with Gasteiger partial charge in [-0.15, -0.1) is 0 Å². The van der Waals surface area contributed by atoms with Gasteiger partial charge in [0.1, 0.15) is 18.1 Å². The minimum Gasteiger partial charge on any atom is -0.471 e. The molecule has 0 bridgehead atoms. The molecule has 1 saturated heterocycles. The van der Waals surface area contributed by atoms with Crippen LogP contribution in [-0.2, 0) is 0 Å².